The topological polar surface area (TPSA) is 103 Å². The highest BCUT2D eigenvalue weighted by atomic mass is 16.5. The molecule has 12 heavy (non-hydrogen) atoms. The number of hydrogen-bond donors (Lipinski definition) is 4. The summed E-state index contributed by atoms with van der Waals surface area (Å²) in [4.78, 5) is 0. The maximum absolute atomic E-state index is 9.19. The molecule has 0 amide bonds. The molecule has 3 atom stereocenters. The van der Waals surface area contributed by atoms with Crippen LogP contribution >= 0.6 is 0 Å². The Kier molecular flexibility index (Phi) is 2.99. The van der Waals surface area contributed by atoms with Gasteiger partial charge in [0.1, 0.15) is 30.6 Å². The predicted octanol–water partition coefficient (Wildman–Crippen LogP) is -1.91. The number of rotatable bonds is 1. The molecular weight excluding hydrogens is 166 g/mol. The number of aliphatic hydroxyl groups is 3. The Hall–Kier alpha value is -0.690. The molecule has 6 heteroatoms. The monoisotopic (exact) mass is 176 g/mol. The molecule has 4 N–H and O–H groups in total. The van der Waals surface area contributed by atoms with E-state index in [9.17, 15) is 10.2 Å². The van der Waals surface area contributed by atoms with Gasteiger partial charge in [0.15, 0.2) is 0 Å². The lowest BCUT2D eigenvalue weighted by molar-refractivity contribution is -0.0851. The van der Waals surface area contributed by atoms with Crippen molar-refractivity contribution in [3.8, 4) is 0 Å². The van der Waals surface area contributed by atoms with E-state index in [0.29, 0.717) is 0 Å². The highest BCUT2D eigenvalue weighted by Crippen LogP contribution is 2.15. The summed E-state index contributed by atoms with van der Waals surface area (Å²) in [5.41, 5.74) is -0.160. The summed E-state index contributed by atoms with van der Waals surface area (Å²) in [7, 11) is 0. The lowest BCUT2D eigenvalue weighted by Gasteiger charge is -2.30. The van der Waals surface area contributed by atoms with Gasteiger partial charge in [-0.25, -0.2) is 0 Å². The summed E-state index contributed by atoms with van der Waals surface area (Å²) >= 11 is 0. The zero-order valence-corrected chi connectivity index (χ0v) is 6.16. The molecule has 1 fully saturated rings. The average Bonchev–Trinajstić information content (AvgIpc) is 2.10. The van der Waals surface area contributed by atoms with Crippen molar-refractivity contribution in [2.75, 3.05) is 6.61 Å². The summed E-state index contributed by atoms with van der Waals surface area (Å²) in [5, 5.41) is 38.0. The van der Waals surface area contributed by atoms with Crippen LogP contribution in [0.25, 0.3) is 0 Å². The lowest BCUT2D eigenvalue weighted by Crippen LogP contribution is -2.50. The summed E-state index contributed by atoms with van der Waals surface area (Å²) in [6.45, 7) is 0.589. The molecular formula is C6H10NO5. The Labute approximate surface area is 68.7 Å². The minimum Gasteiger partial charge on any atom is -0.411 e. The maximum atomic E-state index is 9.19. The van der Waals surface area contributed by atoms with Crippen LogP contribution in [-0.4, -0.2) is 51.2 Å². The smallest absolute Gasteiger partial charge is 0.134 e. The molecule has 1 aliphatic rings. The van der Waals surface area contributed by atoms with Gasteiger partial charge in [0.25, 0.3) is 0 Å². The molecule has 0 unspecified atom stereocenters. The molecule has 0 aliphatic carbocycles. The van der Waals surface area contributed by atoms with Crippen molar-refractivity contribution < 1.29 is 25.3 Å². The molecule has 1 heterocycles. The molecule has 1 radical (unpaired) electrons. The Morgan fingerprint density at radius 2 is 2.17 bits per heavy atom. The van der Waals surface area contributed by atoms with Crippen molar-refractivity contribution in [1.29, 1.82) is 0 Å². The Morgan fingerprint density at radius 3 is 2.67 bits per heavy atom. The Morgan fingerprint density at radius 1 is 1.50 bits per heavy atom. The molecule has 6 nitrogen and oxygen atoms in total. The van der Waals surface area contributed by atoms with E-state index in [0.717, 1.165) is 6.61 Å². The van der Waals surface area contributed by atoms with Gasteiger partial charge < -0.3 is 25.3 Å². The number of oxime groups is 1. The van der Waals surface area contributed by atoms with Crippen molar-refractivity contribution in [2.45, 2.75) is 18.3 Å². The molecule has 0 saturated carbocycles. The van der Waals surface area contributed by atoms with Crippen molar-refractivity contribution in [3.63, 3.8) is 0 Å². The van der Waals surface area contributed by atoms with E-state index in [2.05, 4.69) is 5.16 Å². The summed E-state index contributed by atoms with van der Waals surface area (Å²) < 4.78 is 4.74. The highest BCUT2D eigenvalue weighted by molar-refractivity contribution is 5.95. The first kappa shape index (κ1) is 9.40. The van der Waals surface area contributed by atoms with Crippen LogP contribution in [0.3, 0.4) is 0 Å². The van der Waals surface area contributed by atoms with E-state index in [1.54, 1.807) is 0 Å². The predicted molar refractivity (Wildman–Crippen MR) is 37.5 cm³/mol. The van der Waals surface area contributed by atoms with Crippen LogP contribution in [0.2, 0.25) is 0 Å². The van der Waals surface area contributed by atoms with E-state index in [1.807, 2.05) is 0 Å². The molecule has 0 aromatic heterocycles. The SMILES string of the molecule is OC[C@H]1O[CH]C(=NO)[C@@H](O)[C@H]1O. The van der Waals surface area contributed by atoms with Gasteiger partial charge in [-0.1, -0.05) is 5.16 Å². The normalized spacial score (nSPS) is 40.2. The van der Waals surface area contributed by atoms with Gasteiger partial charge in [0.05, 0.1) is 6.61 Å². The molecule has 0 bridgehead atoms. The van der Waals surface area contributed by atoms with E-state index in [4.69, 9.17) is 15.1 Å². The minimum atomic E-state index is -1.32. The summed E-state index contributed by atoms with van der Waals surface area (Å²) in [6, 6.07) is 0. The molecule has 0 spiro atoms. The van der Waals surface area contributed by atoms with Crippen LogP contribution in [0, 0.1) is 6.61 Å². The van der Waals surface area contributed by atoms with Gasteiger partial charge in [-0.2, -0.15) is 0 Å². The third-order valence-electron chi connectivity index (χ3n) is 1.67. The van der Waals surface area contributed by atoms with Crippen LogP contribution in [-0.2, 0) is 4.74 Å². The first-order chi connectivity index (χ1) is 5.70. The van der Waals surface area contributed by atoms with E-state index < -0.39 is 24.9 Å². The second-order valence-corrected chi connectivity index (χ2v) is 2.44. The van der Waals surface area contributed by atoms with Crippen molar-refractivity contribution in [3.05, 3.63) is 6.61 Å². The first-order valence-electron chi connectivity index (χ1n) is 3.38. The van der Waals surface area contributed by atoms with Crippen molar-refractivity contribution in [2.24, 2.45) is 5.16 Å². The maximum Gasteiger partial charge on any atom is 0.134 e. The van der Waals surface area contributed by atoms with Crippen LogP contribution in [0.1, 0.15) is 0 Å². The fourth-order valence-electron chi connectivity index (χ4n) is 0.919. The van der Waals surface area contributed by atoms with Crippen LogP contribution in [0.15, 0.2) is 5.16 Å². The quantitative estimate of drug-likeness (QED) is 0.276. The Balaban J connectivity index is 2.65. The molecule has 1 saturated heterocycles. The second-order valence-electron chi connectivity index (χ2n) is 2.44. The summed E-state index contributed by atoms with van der Waals surface area (Å²) in [6.07, 6.45) is -3.46. The lowest BCUT2D eigenvalue weighted by atomic mass is 10.0. The number of nitrogens with zero attached hydrogens (tertiary/aromatic N) is 1. The van der Waals surface area contributed by atoms with Gasteiger partial charge >= 0.3 is 0 Å². The average molecular weight is 176 g/mol. The molecule has 1 aliphatic heterocycles. The fourth-order valence-corrected chi connectivity index (χ4v) is 0.919. The van der Waals surface area contributed by atoms with Gasteiger partial charge in [-0.15, -0.1) is 0 Å². The third-order valence-corrected chi connectivity index (χ3v) is 1.67. The zero-order valence-electron chi connectivity index (χ0n) is 6.16. The van der Waals surface area contributed by atoms with Gasteiger partial charge in [-0.3, -0.25) is 0 Å². The Bertz CT molecular complexity index is 183. The van der Waals surface area contributed by atoms with Crippen molar-refractivity contribution >= 4 is 5.71 Å². The standard InChI is InChI=1S/C6H10NO5/c8-1-4-6(10)5(9)3(7-11)2-12-4/h2,4-6,8-11H,1H2/t4-,5-,6+/m1/s1. The minimum absolute atomic E-state index is 0.160. The number of ether oxygens (including phenoxy) is 1. The molecule has 69 valence electrons. The summed E-state index contributed by atoms with van der Waals surface area (Å²) in [5.74, 6) is 0. The zero-order chi connectivity index (χ0) is 9.14. The molecule has 0 aromatic carbocycles. The van der Waals surface area contributed by atoms with Gasteiger partial charge in [-0.05, 0) is 0 Å². The molecule has 0 aromatic rings. The van der Waals surface area contributed by atoms with Gasteiger partial charge in [0.2, 0.25) is 0 Å². The molecule has 1 rings (SSSR count). The number of aliphatic hydroxyl groups excluding tert-OH is 3. The second kappa shape index (κ2) is 3.81. The first-order valence-corrected chi connectivity index (χ1v) is 3.38. The fraction of sp³-hybridized carbons (Fsp3) is 0.667. The van der Waals surface area contributed by atoms with Crippen LogP contribution < -0.4 is 0 Å². The van der Waals surface area contributed by atoms with Crippen molar-refractivity contribution in [1.82, 2.24) is 0 Å². The number of hydrogen-bond acceptors (Lipinski definition) is 6. The van der Waals surface area contributed by atoms with Crippen LogP contribution in [0.5, 0.6) is 0 Å². The van der Waals surface area contributed by atoms with Gasteiger partial charge in [0, 0.05) is 0 Å². The van der Waals surface area contributed by atoms with E-state index in [1.165, 1.54) is 0 Å². The largest absolute Gasteiger partial charge is 0.411 e. The van der Waals surface area contributed by atoms with E-state index >= 15 is 0 Å². The third kappa shape index (κ3) is 1.56. The highest BCUT2D eigenvalue weighted by Gasteiger charge is 2.36. The van der Waals surface area contributed by atoms with E-state index in [-0.39, 0.29) is 5.71 Å². The van der Waals surface area contributed by atoms with Crippen LogP contribution in [0.4, 0.5) is 0 Å².